The number of hydrogen-bond acceptors (Lipinski definition) is 6. The van der Waals surface area contributed by atoms with Crippen LogP contribution in [-0.4, -0.2) is 48.9 Å². The van der Waals surface area contributed by atoms with Crippen molar-refractivity contribution in [2.75, 3.05) is 20.7 Å². The lowest BCUT2D eigenvalue weighted by Crippen LogP contribution is -2.30. The minimum Gasteiger partial charge on any atom is -0.497 e. The number of imidazole rings is 1. The quantitative estimate of drug-likeness (QED) is 0.327. The predicted octanol–water partition coefficient (Wildman–Crippen LogP) is 4.10. The molecule has 0 unspecified atom stereocenters. The molecule has 1 N–H and O–H groups in total. The molecule has 0 aliphatic heterocycles. The maximum Gasteiger partial charge on any atom is 0.254 e. The van der Waals surface area contributed by atoms with Gasteiger partial charge in [-0.25, -0.2) is 17.7 Å². The summed E-state index contributed by atoms with van der Waals surface area (Å²) in [5.41, 5.74) is 3.58. The van der Waals surface area contributed by atoms with E-state index in [1.807, 2.05) is 42.1 Å². The van der Waals surface area contributed by atoms with Crippen LogP contribution in [0.5, 0.6) is 5.75 Å². The van der Waals surface area contributed by atoms with E-state index in [1.54, 1.807) is 45.4 Å². The zero-order valence-corrected chi connectivity index (χ0v) is 23.0. The predicted molar refractivity (Wildman–Crippen MR) is 145 cm³/mol. The molecule has 2 aromatic carbocycles. The van der Waals surface area contributed by atoms with Crippen LogP contribution in [0.15, 0.2) is 70.4 Å². The number of hydrogen-bond donors (Lipinski definition) is 1. The fraction of sp³-hybridized carbons (Fsp3) is 0.286. The summed E-state index contributed by atoms with van der Waals surface area (Å²) < 4.78 is 40.5. The highest BCUT2D eigenvalue weighted by molar-refractivity contribution is 7.89. The van der Waals surface area contributed by atoms with Crippen molar-refractivity contribution >= 4 is 15.9 Å². The van der Waals surface area contributed by atoms with Crippen LogP contribution >= 0.6 is 0 Å². The Morgan fingerprint density at radius 1 is 1.13 bits per heavy atom. The van der Waals surface area contributed by atoms with Crippen LogP contribution in [0.1, 0.15) is 32.8 Å². The number of likely N-dealkylation sites (N-methyl/N-ethyl adjacent to an activating group) is 1. The van der Waals surface area contributed by atoms with E-state index in [4.69, 9.17) is 9.15 Å². The molecule has 0 spiro atoms. The second kappa shape index (κ2) is 11.2. The third-order valence-corrected chi connectivity index (χ3v) is 8.58. The van der Waals surface area contributed by atoms with Gasteiger partial charge in [-0.05, 0) is 48.7 Å². The van der Waals surface area contributed by atoms with Gasteiger partial charge in [-0.15, -0.1) is 0 Å². The molecule has 4 aromatic rings. The number of aryl methyl sites for hydroxylation is 3. The number of amides is 1. The van der Waals surface area contributed by atoms with Gasteiger partial charge < -0.3 is 19.0 Å². The van der Waals surface area contributed by atoms with Crippen molar-refractivity contribution in [1.29, 1.82) is 0 Å². The van der Waals surface area contributed by atoms with Crippen molar-refractivity contribution in [2.45, 2.75) is 31.7 Å². The number of nitrogens with one attached hydrogen (secondary N) is 1. The molecule has 38 heavy (non-hydrogen) atoms. The maximum absolute atomic E-state index is 13.2. The molecule has 2 aromatic heterocycles. The molecule has 0 atom stereocenters. The number of methoxy groups -OCH3 is 1. The first-order valence-corrected chi connectivity index (χ1v) is 13.6. The normalized spacial score (nSPS) is 11.6. The molecule has 10 heteroatoms. The molecule has 1 amide bonds. The molecular weight excluding hydrogens is 504 g/mol. The molecule has 0 fully saturated rings. The van der Waals surface area contributed by atoms with E-state index in [9.17, 15) is 13.2 Å². The SMILES string of the molecule is COc1cc(C)c(S(=O)(=O)N(C)CCc2cc(C(=O)NCc3ccc(-c4nccn4C)cc3)co2)c(C)c1. The van der Waals surface area contributed by atoms with Crippen LogP contribution in [0.3, 0.4) is 0 Å². The zero-order chi connectivity index (χ0) is 27.4. The molecular formula is C28H32N4O5S. The van der Waals surface area contributed by atoms with Crippen molar-refractivity contribution in [3.8, 4) is 17.1 Å². The van der Waals surface area contributed by atoms with Crippen LogP contribution in [-0.2, 0) is 30.0 Å². The largest absolute Gasteiger partial charge is 0.497 e. The molecule has 9 nitrogen and oxygen atoms in total. The van der Waals surface area contributed by atoms with Gasteiger partial charge in [-0.1, -0.05) is 24.3 Å². The van der Waals surface area contributed by atoms with Gasteiger partial charge >= 0.3 is 0 Å². The summed E-state index contributed by atoms with van der Waals surface area (Å²) in [5, 5.41) is 2.89. The minimum atomic E-state index is -3.71. The van der Waals surface area contributed by atoms with E-state index in [0.717, 1.165) is 17.0 Å². The smallest absolute Gasteiger partial charge is 0.254 e. The number of sulfonamides is 1. The van der Waals surface area contributed by atoms with Crippen molar-refractivity contribution in [1.82, 2.24) is 19.2 Å². The van der Waals surface area contributed by atoms with Gasteiger partial charge in [-0.3, -0.25) is 4.79 Å². The third-order valence-electron chi connectivity index (χ3n) is 6.41. The van der Waals surface area contributed by atoms with Crippen molar-refractivity contribution < 1.29 is 22.4 Å². The molecule has 0 saturated heterocycles. The molecule has 0 aliphatic carbocycles. The van der Waals surface area contributed by atoms with Crippen LogP contribution in [0.25, 0.3) is 11.4 Å². The number of aromatic nitrogens is 2. The lowest BCUT2D eigenvalue weighted by Gasteiger charge is -2.20. The first kappa shape index (κ1) is 27.2. The molecule has 0 bridgehead atoms. The number of nitrogens with zero attached hydrogens (tertiary/aromatic N) is 3. The standard InChI is InChI=1S/C28H32N4O5S/c1-19-14-25(36-5)15-20(2)26(19)38(34,35)32(4)12-10-24-16-23(18-37-24)28(33)30-17-21-6-8-22(9-7-21)27-29-11-13-31(27)3/h6-9,11,13-16,18H,10,12,17H2,1-5H3,(H,30,33). The van der Waals surface area contributed by atoms with Gasteiger partial charge in [0.05, 0.1) is 17.6 Å². The molecule has 2 heterocycles. The topological polar surface area (TPSA) is 107 Å². The van der Waals surface area contributed by atoms with E-state index in [2.05, 4.69) is 10.3 Å². The Kier molecular flexibility index (Phi) is 8.03. The minimum absolute atomic E-state index is 0.199. The Morgan fingerprint density at radius 3 is 2.42 bits per heavy atom. The Hall–Kier alpha value is -3.89. The third kappa shape index (κ3) is 5.81. The first-order chi connectivity index (χ1) is 18.1. The monoisotopic (exact) mass is 536 g/mol. The number of ether oxygens (including phenoxy) is 1. The number of rotatable bonds is 10. The average molecular weight is 537 g/mol. The number of carbonyl (C=O) groups excluding carboxylic acids is 1. The second-order valence-electron chi connectivity index (χ2n) is 9.21. The second-order valence-corrected chi connectivity index (χ2v) is 11.2. The number of furan rings is 1. The molecule has 4 rings (SSSR count). The lowest BCUT2D eigenvalue weighted by atomic mass is 10.1. The fourth-order valence-corrected chi connectivity index (χ4v) is 5.88. The molecule has 0 radical (unpaired) electrons. The lowest BCUT2D eigenvalue weighted by molar-refractivity contribution is 0.0950. The summed E-state index contributed by atoms with van der Waals surface area (Å²) in [4.78, 5) is 17.3. The van der Waals surface area contributed by atoms with Crippen LogP contribution < -0.4 is 10.1 Å². The summed E-state index contributed by atoms with van der Waals surface area (Å²) in [6.07, 6.45) is 5.36. The van der Waals surface area contributed by atoms with Crippen molar-refractivity contribution in [3.05, 3.63) is 89.1 Å². The first-order valence-electron chi connectivity index (χ1n) is 12.1. The maximum atomic E-state index is 13.2. The highest BCUT2D eigenvalue weighted by Gasteiger charge is 2.25. The van der Waals surface area contributed by atoms with Crippen molar-refractivity contribution in [2.24, 2.45) is 7.05 Å². The molecule has 0 saturated carbocycles. The Morgan fingerprint density at radius 2 is 1.82 bits per heavy atom. The summed E-state index contributed by atoms with van der Waals surface area (Å²) in [7, 11) is 1.31. The highest BCUT2D eigenvalue weighted by Crippen LogP contribution is 2.28. The van der Waals surface area contributed by atoms with Gasteiger partial charge in [-0.2, -0.15) is 0 Å². The van der Waals surface area contributed by atoms with E-state index >= 15 is 0 Å². The summed E-state index contributed by atoms with van der Waals surface area (Å²) >= 11 is 0. The van der Waals surface area contributed by atoms with Crippen LogP contribution in [0.4, 0.5) is 0 Å². The fourth-order valence-electron chi connectivity index (χ4n) is 4.31. The van der Waals surface area contributed by atoms with Gasteiger partial charge in [0.15, 0.2) is 0 Å². The zero-order valence-electron chi connectivity index (χ0n) is 22.2. The summed E-state index contributed by atoms with van der Waals surface area (Å²) in [6, 6.07) is 12.9. The number of benzene rings is 2. The van der Waals surface area contributed by atoms with Crippen LogP contribution in [0.2, 0.25) is 0 Å². The van der Waals surface area contributed by atoms with Gasteiger partial charge in [0, 0.05) is 51.6 Å². The van der Waals surface area contributed by atoms with E-state index in [1.165, 1.54) is 17.6 Å². The number of carbonyl (C=O) groups is 1. The Labute approximate surface area is 223 Å². The highest BCUT2D eigenvalue weighted by atomic mass is 32.2. The Balaban J connectivity index is 1.33. The van der Waals surface area contributed by atoms with E-state index < -0.39 is 10.0 Å². The Bertz CT molecular complexity index is 1510. The van der Waals surface area contributed by atoms with Gasteiger partial charge in [0.2, 0.25) is 10.0 Å². The van der Waals surface area contributed by atoms with E-state index in [-0.39, 0.29) is 17.3 Å². The van der Waals surface area contributed by atoms with Gasteiger partial charge in [0.25, 0.3) is 5.91 Å². The van der Waals surface area contributed by atoms with Crippen LogP contribution in [0, 0.1) is 13.8 Å². The summed E-state index contributed by atoms with van der Waals surface area (Å²) in [5.74, 6) is 1.75. The average Bonchev–Trinajstić information content (AvgIpc) is 3.54. The molecule has 0 aliphatic rings. The van der Waals surface area contributed by atoms with E-state index in [0.29, 0.717) is 41.2 Å². The van der Waals surface area contributed by atoms with Gasteiger partial charge in [0.1, 0.15) is 23.6 Å². The molecule has 200 valence electrons. The van der Waals surface area contributed by atoms with Crippen molar-refractivity contribution in [3.63, 3.8) is 0 Å². The summed E-state index contributed by atoms with van der Waals surface area (Å²) in [6.45, 7) is 4.07.